The average Bonchev–Trinajstić information content (AvgIpc) is 2.90. The third kappa shape index (κ3) is 5.73. The lowest BCUT2D eigenvalue weighted by Gasteiger charge is -2.19. The topological polar surface area (TPSA) is 80.7 Å². The molecule has 1 aromatic rings. The Bertz CT molecular complexity index is 404. The zero-order valence-corrected chi connectivity index (χ0v) is 12.5. The average molecular weight is 283 g/mol. The van der Waals surface area contributed by atoms with Gasteiger partial charge in [-0.1, -0.05) is 0 Å². The van der Waals surface area contributed by atoms with Gasteiger partial charge in [0.15, 0.2) is 0 Å². The lowest BCUT2D eigenvalue weighted by molar-refractivity contribution is 0.0496. The normalized spacial score (nSPS) is 12.7. The van der Waals surface area contributed by atoms with Crippen LogP contribution in [0.25, 0.3) is 0 Å². The van der Waals surface area contributed by atoms with E-state index in [9.17, 15) is 4.79 Å². The second-order valence-electron chi connectivity index (χ2n) is 4.89. The molecular formula is C14H25N3O3. The van der Waals surface area contributed by atoms with Gasteiger partial charge in [-0.3, -0.25) is 4.79 Å². The van der Waals surface area contributed by atoms with Gasteiger partial charge in [-0.2, -0.15) is 0 Å². The van der Waals surface area contributed by atoms with Crippen molar-refractivity contribution in [1.82, 2.24) is 10.2 Å². The quantitative estimate of drug-likeness (QED) is 0.701. The second kappa shape index (κ2) is 8.73. The number of amides is 1. The van der Waals surface area contributed by atoms with E-state index in [-0.39, 0.29) is 18.6 Å². The molecule has 3 N–H and O–H groups in total. The highest BCUT2D eigenvalue weighted by molar-refractivity contribution is 5.93. The molecule has 0 saturated carbocycles. The van der Waals surface area contributed by atoms with Gasteiger partial charge in [0.05, 0.1) is 18.2 Å². The Morgan fingerprint density at radius 2 is 2.30 bits per heavy atom. The number of hydrogen-bond acceptors (Lipinski definition) is 5. The minimum Gasteiger partial charge on any atom is -0.467 e. The standard InChI is InChI=1S/C14H25N3O3/c1-4-19-12(5-6-17(2)3)9-16-14(18)11-7-13(8-15)20-10-11/h7,10,12H,4-6,8-9,15H2,1-3H3,(H,16,18). The van der Waals surface area contributed by atoms with Crippen molar-refractivity contribution in [2.75, 3.05) is 33.8 Å². The van der Waals surface area contributed by atoms with E-state index in [0.29, 0.717) is 24.5 Å². The fraction of sp³-hybridized carbons (Fsp3) is 0.643. The fourth-order valence-electron chi connectivity index (χ4n) is 1.80. The highest BCUT2D eigenvalue weighted by Gasteiger charge is 2.13. The zero-order valence-electron chi connectivity index (χ0n) is 12.5. The molecule has 1 aromatic heterocycles. The predicted molar refractivity (Wildman–Crippen MR) is 77.5 cm³/mol. The van der Waals surface area contributed by atoms with Crippen molar-refractivity contribution in [3.05, 3.63) is 23.7 Å². The summed E-state index contributed by atoms with van der Waals surface area (Å²) in [4.78, 5) is 14.0. The van der Waals surface area contributed by atoms with Gasteiger partial charge in [-0.25, -0.2) is 0 Å². The molecule has 1 unspecified atom stereocenters. The van der Waals surface area contributed by atoms with E-state index in [2.05, 4.69) is 10.2 Å². The molecule has 6 nitrogen and oxygen atoms in total. The first-order valence-corrected chi connectivity index (χ1v) is 6.88. The zero-order chi connectivity index (χ0) is 15.0. The highest BCUT2D eigenvalue weighted by Crippen LogP contribution is 2.07. The molecule has 0 aliphatic rings. The van der Waals surface area contributed by atoms with Gasteiger partial charge in [0.2, 0.25) is 0 Å². The summed E-state index contributed by atoms with van der Waals surface area (Å²) in [6.07, 6.45) is 2.32. The monoisotopic (exact) mass is 283 g/mol. The first kappa shape index (κ1) is 16.7. The van der Waals surface area contributed by atoms with Crippen LogP contribution in [0.5, 0.6) is 0 Å². The van der Waals surface area contributed by atoms with Crippen molar-refractivity contribution in [3.63, 3.8) is 0 Å². The van der Waals surface area contributed by atoms with Gasteiger partial charge in [0.1, 0.15) is 12.0 Å². The van der Waals surface area contributed by atoms with Crippen molar-refractivity contribution in [2.45, 2.75) is 26.0 Å². The molecule has 1 heterocycles. The molecule has 0 spiro atoms. The Balaban J connectivity index is 2.43. The molecule has 0 aliphatic heterocycles. The van der Waals surface area contributed by atoms with Crippen LogP contribution in [0.15, 0.2) is 16.7 Å². The molecule has 0 bridgehead atoms. The molecule has 1 rings (SSSR count). The Hall–Kier alpha value is -1.37. The number of nitrogens with one attached hydrogen (secondary N) is 1. The Kier molecular flexibility index (Phi) is 7.28. The van der Waals surface area contributed by atoms with E-state index < -0.39 is 0 Å². The third-order valence-corrected chi connectivity index (χ3v) is 2.91. The third-order valence-electron chi connectivity index (χ3n) is 2.91. The van der Waals surface area contributed by atoms with Gasteiger partial charge in [0, 0.05) is 19.7 Å². The maximum atomic E-state index is 11.9. The van der Waals surface area contributed by atoms with E-state index in [1.807, 2.05) is 21.0 Å². The minimum absolute atomic E-state index is 0.0206. The number of carbonyl (C=O) groups is 1. The Labute approximate surface area is 120 Å². The molecule has 0 aromatic carbocycles. The van der Waals surface area contributed by atoms with Crippen LogP contribution in [-0.2, 0) is 11.3 Å². The summed E-state index contributed by atoms with van der Waals surface area (Å²) in [5.74, 6) is 0.437. The van der Waals surface area contributed by atoms with Crippen LogP contribution in [-0.4, -0.2) is 50.7 Å². The summed E-state index contributed by atoms with van der Waals surface area (Å²) in [5.41, 5.74) is 5.94. The molecule has 114 valence electrons. The van der Waals surface area contributed by atoms with Crippen LogP contribution in [0.1, 0.15) is 29.5 Å². The molecule has 0 saturated heterocycles. The summed E-state index contributed by atoms with van der Waals surface area (Å²) in [7, 11) is 4.03. The lowest BCUT2D eigenvalue weighted by atomic mass is 10.2. The van der Waals surface area contributed by atoms with Crippen molar-refractivity contribution in [2.24, 2.45) is 5.73 Å². The van der Waals surface area contributed by atoms with Gasteiger partial charge in [-0.15, -0.1) is 0 Å². The van der Waals surface area contributed by atoms with Crippen LogP contribution < -0.4 is 11.1 Å². The van der Waals surface area contributed by atoms with Gasteiger partial charge in [0.25, 0.3) is 5.91 Å². The molecule has 1 atom stereocenters. The maximum absolute atomic E-state index is 11.9. The summed E-state index contributed by atoms with van der Waals surface area (Å²) >= 11 is 0. The number of carbonyl (C=O) groups excluding carboxylic acids is 1. The van der Waals surface area contributed by atoms with E-state index in [1.54, 1.807) is 6.07 Å². The molecule has 0 radical (unpaired) electrons. The second-order valence-corrected chi connectivity index (χ2v) is 4.89. The van der Waals surface area contributed by atoms with Crippen LogP contribution in [0.4, 0.5) is 0 Å². The van der Waals surface area contributed by atoms with E-state index in [1.165, 1.54) is 6.26 Å². The summed E-state index contributed by atoms with van der Waals surface area (Å²) in [6.45, 7) is 4.29. The molecule has 20 heavy (non-hydrogen) atoms. The van der Waals surface area contributed by atoms with Crippen molar-refractivity contribution < 1.29 is 13.9 Å². The van der Waals surface area contributed by atoms with Gasteiger partial charge >= 0.3 is 0 Å². The summed E-state index contributed by atoms with van der Waals surface area (Å²) in [6, 6.07) is 1.66. The van der Waals surface area contributed by atoms with Crippen molar-refractivity contribution in [1.29, 1.82) is 0 Å². The molecule has 6 heteroatoms. The first-order valence-electron chi connectivity index (χ1n) is 6.88. The van der Waals surface area contributed by atoms with Crippen LogP contribution in [0.3, 0.4) is 0 Å². The van der Waals surface area contributed by atoms with Gasteiger partial charge < -0.3 is 25.1 Å². The fourth-order valence-corrected chi connectivity index (χ4v) is 1.80. The van der Waals surface area contributed by atoms with Crippen LogP contribution in [0, 0.1) is 0 Å². The van der Waals surface area contributed by atoms with E-state index in [0.717, 1.165) is 13.0 Å². The Morgan fingerprint density at radius 3 is 2.85 bits per heavy atom. The maximum Gasteiger partial charge on any atom is 0.254 e. The molecule has 0 fully saturated rings. The highest BCUT2D eigenvalue weighted by atomic mass is 16.5. The number of furan rings is 1. The number of hydrogen-bond donors (Lipinski definition) is 2. The number of nitrogens with zero attached hydrogens (tertiary/aromatic N) is 1. The summed E-state index contributed by atoms with van der Waals surface area (Å²) < 4.78 is 10.8. The lowest BCUT2D eigenvalue weighted by Crippen LogP contribution is -2.35. The van der Waals surface area contributed by atoms with Crippen molar-refractivity contribution in [3.8, 4) is 0 Å². The van der Waals surface area contributed by atoms with Crippen LogP contribution >= 0.6 is 0 Å². The molecule has 1 amide bonds. The number of nitrogens with two attached hydrogens (primary N) is 1. The molecular weight excluding hydrogens is 258 g/mol. The smallest absolute Gasteiger partial charge is 0.254 e. The van der Waals surface area contributed by atoms with E-state index in [4.69, 9.17) is 14.9 Å². The first-order chi connectivity index (χ1) is 9.56. The van der Waals surface area contributed by atoms with Crippen LogP contribution in [0.2, 0.25) is 0 Å². The van der Waals surface area contributed by atoms with E-state index >= 15 is 0 Å². The minimum atomic E-state index is -0.164. The number of rotatable bonds is 9. The number of ether oxygens (including phenoxy) is 1. The molecule has 0 aliphatic carbocycles. The Morgan fingerprint density at radius 1 is 1.55 bits per heavy atom. The predicted octanol–water partition coefficient (Wildman–Crippen LogP) is 0.825. The van der Waals surface area contributed by atoms with Gasteiger partial charge in [-0.05, 0) is 33.5 Å². The largest absolute Gasteiger partial charge is 0.467 e. The van der Waals surface area contributed by atoms with Crippen molar-refractivity contribution >= 4 is 5.91 Å². The summed E-state index contributed by atoms with van der Waals surface area (Å²) in [5, 5.41) is 2.86. The SMILES string of the molecule is CCOC(CCN(C)C)CNC(=O)c1coc(CN)c1.